The summed E-state index contributed by atoms with van der Waals surface area (Å²) in [5.41, 5.74) is 0. The molecule has 2 heteroatoms. The first-order chi connectivity index (χ1) is 6.35. The van der Waals surface area contributed by atoms with Crippen LogP contribution in [0, 0.1) is 10.7 Å². The second-order valence-electron chi connectivity index (χ2n) is 1.59. The molecule has 0 radical (unpaired) electrons. The van der Waals surface area contributed by atoms with Gasteiger partial charge in [-0.15, -0.1) is 0 Å². The highest BCUT2D eigenvalue weighted by molar-refractivity contribution is 8.07. The largest absolute Gasteiger partial charge is 0.185 e. The lowest BCUT2D eigenvalue weighted by atomic mass is 10.4. The van der Waals surface area contributed by atoms with E-state index in [9.17, 15) is 0 Å². The molecule has 0 aliphatic carbocycles. The van der Waals surface area contributed by atoms with Gasteiger partial charge in [0.05, 0.1) is 0 Å². The van der Waals surface area contributed by atoms with Gasteiger partial charge in [-0.1, -0.05) is 45.2 Å². The first kappa shape index (κ1) is 14.3. The van der Waals surface area contributed by atoms with Crippen LogP contribution < -0.4 is 0 Å². The maximum absolute atomic E-state index is 8.34. The van der Waals surface area contributed by atoms with Crippen molar-refractivity contribution in [2.45, 2.75) is 13.8 Å². The summed E-state index contributed by atoms with van der Waals surface area (Å²) in [7, 11) is 0. The Morgan fingerprint density at radius 2 is 1.92 bits per heavy atom. The molecule has 0 aromatic rings. The van der Waals surface area contributed by atoms with Crippen molar-refractivity contribution in [1.29, 1.82) is 5.26 Å². The number of thioether (sulfide) groups is 1. The Hall–Kier alpha value is -1.20. The Morgan fingerprint density at radius 1 is 1.31 bits per heavy atom. The molecule has 0 aromatic heterocycles. The Kier molecular flexibility index (Phi) is 14.8. The molecule has 0 aliphatic rings. The summed E-state index contributed by atoms with van der Waals surface area (Å²) < 4.78 is 0. The molecular weight excluding hydrogens is 178 g/mol. The van der Waals surface area contributed by atoms with Crippen molar-refractivity contribution in [2.75, 3.05) is 0 Å². The van der Waals surface area contributed by atoms with Gasteiger partial charge in [0, 0.05) is 4.91 Å². The van der Waals surface area contributed by atoms with Crippen LogP contribution in [-0.2, 0) is 0 Å². The highest BCUT2D eigenvalue weighted by Crippen LogP contribution is 2.14. The van der Waals surface area contributed by atoms with Crippen LogP contribution in [0.25, 0.3) is 0 Å². The third kappa shape index (κ3) is 10.8. The van der Waals surface area contributed by atoms with Crippen molar-refractivity contribution in [2.24, 2.45) is 0 Å². The number of nitrogens with zero attached hydrogens (tertiary/aromatic N) is 1. The van der Waals surface area contributed by atoms with E-state index in [1.165, 1.54) is 0 Å². The van der Waals surface area contributed by atoms with Crippen LogP contribution in [0.3, 0.4) is 0 Å². The summed E-state index contributed by atoms with van der Waals surface area (Å²) in [5, 5.41) is 10.3. The van der Waals surface area contributed by atoms with E-state index in [0.29, 0.717) is 0 Å². The first-order valence-electron chi connectivity index (χ1n) is 4.03. The molecule has 0 aliphatic heterocycles. The fourth-order valence-electron chi connectivity index (χ4n) is 0.455. The minimum Gasteiger partial charge on any atom is -0.185 e. The molecule has 0 atom stereocenters. The van der Waals surface area contributed by atoms with Crippen molar-refractivity contribution < 1.29 is 0 Å². The van der Waals surface area contributed by atoms with E-state index in [2.05, 4.69) is 13.2 Å². The Morgan fingerprint density at radius 3 is 2.31 bits per heavy atom. The van der Waals surface area contributed by atoms with Crippen molar-refractivity contribution >= 4 is 11.8 Å². The fraction of sp³-hybridized carbons (Fsp3) is 0.182. The second-order valence-corrected chi connectivity index (χ2v) is 2.45. The topological polar surface area (TPSA) is 23.8 Å². The third-order valence-corrected chi connectivity index (χ3v) is 1.44. The molecule has 0 saturated heterocycles. The predicted octanol–water partition coefficient (Wildman–Crippen LogP) is 4.04. The normalized spacial score (nSPS) is 9.77. The highest BCUT2D eigenvalue weighted by Gasteiger charge is 1.87. The van der Waals surface area contributed by atoms with Gasteiger partial charge in [-0.2, -0.15) is 5.26 Å². The second kappa shape index (κ2) is 13.4. The quantitative estimate of drug-likeness (QED) is 0.497. The van der Waals surface area contributed by atoms with E-state index in [1.54, 1.807) is 24.3 Å². The minimum absolute atomic E-state index is 0.863. The summed E-state index contributed by atoms with van der Waals surface area (Å²) in [4.78, 5) is 0.863. The summed E-state index contributed by atoms with van der Waals surface area (Å²) in [5.74, 6) is 0. The van der Waals surface area contributed by atoms with Crippen LogP contribution in [0.4, 0.5) is 0 Å². The number of nitriles is 1. The lowest BCUT2D eigenvalue weighted by Crippen LogP contribution is -1.64. The van der Waals surface area contributed by atoms with Gasteiger partial charge in [0.25, 0.3) is 0 Å². The molecule has 0 unspecified atom stereocenters. The van der Waals surface area contributed by atoms with Crippen molar-refractivity contribution in [3.8, 4) is 5.40 Å². The van der Waals surface area contributed by atoms with Crippen LogP contribution >= 0.6 is 11.8 Å². The number of allylic oxidation sites excluding steroid dienone is 5. The zero-order valence-electron chi connectivity index (χ0n) is 8.16. The van der Waals surface area contributed by atoms with E-state index in [0.717, 1.165) is 16.7 Å². The molecule has 70 valence electrons. The van der Waals surface area contributed by atoms with Gasteiger partial charge in [0.2, 0.25) is 0 Å². The molecule has 0 rings (SSSR count). The first-order valence-corrected chi connectivity index (χ1v) is 4.84. The molecule has 1 nitrogen and oxygen atoms in total. The number of thiocyanates is 1. The minimum atomic E-state index is 0.863. The molecular formula is C11H15NS. The van der Waals surface area contributed by atoms with Gasteiger partial charge in [-0.25, -0.2) is 0 Å². The van der Waals surface area contributed by atoms with Crippen LogP contribution in [0.15, 0.2) is 48.4 Å². The average molecular weight is 193 g/mol. The van der Waals surface area contributed by atoms with E-state index in [-0.39, 0.29) is 0 Å². The van der Waals surface area contributed by atoms with E-state index in [1.807, 2.05) is 25.3 Å². The molecule has 0 bridgehead atoms. The molecule has 0 aromatic carbocycles. The Balaban J connectivity index is 0. The zero-order valence-corrected chi connectivity index (χ0v) is 8.97. The maximum atomic E-state index is 8.34. The van der Waals surface area contributed by atoms with Gasteiger partial charge in [0.1, 0.15) is 5.40 Å². The molecule has 0 saturated carbocycles. The molecule has 0 amide bonds. The number of rotatable bonds is 4. The van der Waals surface area contributed by atoms with Gasteiger partial charge in [0.15, 0.2) is 0 Å². The van der Waals surface area contributed by atoms with Crippen LogP contribution in [0.5, 0.6) is 0 Å². The molecule has 0 spiro atoms. The van der Waals surface area contributed by atoms with Gasteiger partial charge in [-0.05, 0) is 23.9 Å². The molecule has 0 fully saturated rings. The summed E-state index contributed by atoms with van der Waals surface area (Å²) in [6.07, 6.45) is 8.66. The van der Waals surface area contributed by atoms with Gasteiger partial charge < -0.3 is 0 Å². The average Bonchev–Trinajstić information content (AvgIpc) is 2.18. The van der Waals surface area contributed by atoms with Crippen molar-refractivity contribution in [3.05, 3.63) is 48.4 Å². The predicted molar refractivity (Wildman–Crippen MR) is 62.2 cm³/mol. The van der Waals surface area contributed by atoms with Crippen LogP contribution in [0.2, 0.25) is 0 Å². The Labute approximate surface area is 85.2 Å². The highest BCUT2D eigenvalue weighted by atomic mass is 32.2. The van der Waals surface area contributed by atoms with Gasteiger partial charge in [-0.3, -0.25) is 0 Å². The molecule has 13 heavy (non-hydrogen) atoms. The lowest BCUT2D eigenvalue weighted by Gasteiger charge is -1.88. The summed E-state index contributed by atoms with van der Waals surface area (Å²) in [6, 6.07) is 0. The Bertz CT molecular complexity index is 231. The van der Waals surface area contributed by atoms with Crippen molar-refractivity contribution in [1.82, 2.24) is 0 Å². The number of hydrogen-bond donors (Lipinski definition) is 0. The van der Waals surface area contributed by atoms with Crippen molar-refractivity contribution in [3.63, 3.8) is 0 Å². The lowest BCUT2D eigenvalue weighted by molar-refractivity contribution is 1.50. The monoisotopic (exact) mass is 193 g/mol. The third-order valence-electron chi connectivity index (χ3n) is 0.842. The molecule has 0 N–H and O–H groups in total. The fourth-order valence-corrected chi connectivity index (χ4v) is 0.872. The smallest absolute Gasteiger partial charge is 0.138 e. The number of hydrogen-bond acceptors (Lipinski definition) is 2. The van der Waals surface area contributed by atoms with E-state index >= 15 is 0 Å². The maximum Gasteiger partial charge on any atom is 0.138 e. The summed E-state index contributed by atoms with van der Waals surface area (Å²) in [6.45, 7) is 11.1. The summed E-state index contributed by atoms with van der Waals surface area (Å²) >= 11 is 1.10. The SMILES string of the molecule is C=C/C=C\C(=C/C=C)SC#N.CC. The van der Waals surface area contributed by atoms with Gasteiger partial charge >= 0.3 is 0 Å². The molecule has 0 heterocycles. The van der Waals surface area contributed by atoms with E-state index in [4.69, 9.17) is 5.26 Å². The zero-order chi connectivity index (χ0) is 10.5. The standard InChI is InChI=1S/C9H9NS.C2H6/c1-3-5-7-9(6-4-2)11-8-10;1-2/h3-7H,1-2H2;1-2H3/b7-5-,9-6+;. The van der Waals surface area contributed by atoms with Crippen LogP contribution in [-0.4, -0.2) is 0 Å². The van der Waals surface area contributed by atoms with E-state index < -0.39 is 0 Å². The van der Waals surface area contributed by atoms with Crippen LogP contribution in [0.1, 0.15) is 13.8 Å².